The maximum Gasteiger partial charge on any atom is 0.192 e. The van der Waals surface area contributed by atoms with Crippen LogP contribution >= 0.6 is 34.7 Å². The minimum Gasteiger partial charge on any atom is -0.467 e. The number of ketones is 1. The highest BCUT2D eigenvalue weighted by atomic mass is 35.5. The number of furan rings is 1. The van der Waals surface area contributed by atoms with Gasteiger partial charge >= 0.3 is 0 Å². The summed E-state index contributed by atoms with van der Waals surface area (Å²) in [5.41, 5.74) is 0. The minimum absolute atomic E-state index is 0.0532. The van der Waals surface area contributed by atoms with Gasteiger partial charge in [-0.1, -0.05) is 23.4 Å². The molecular weight excluding hydrogens is 366 g/mol. The Morgan fingerprint density at radius 3 is 2.92 bits per heavy atom. The van der Waals surface area contributed by atoms with E-state index in [1.807, 2.05) is 12.1 Å². The summed E-state index contributed by atoms with van der Waals surface area (Å²) in [6.45, 7) is 0.590. The lowest BCUT2D eigenvalue weighted by Gasteiger charge is -2.07. The molecule has 0 bridgehead atoms. The average Bonchev–Trinajstić information content (AvgIpc) is 2.98. The van der Waals surface area contributed by atoms with Crippen LogP contribution in [0.5, 0.6) is 0 Å². The Kier molecular flexibility index (Phi) is 4.47. The summed E-state index contributed by atoms with van der Waals surface area (Å²) in [6.07, 6.45) is 3.95. The third-order valence-corrected chi connectivity index (χ3v) is 6.00. The molecule has 0 N–H and O–H groups in total. The molecular formula is C16H14ClN3O2S2. The van der Waals surface area contributed by atoms with Crippen molar-refractivity contribution in [2.24, 2.45) is 0 Å². The first kappa shape index (κ1) is 15.9. The van der Waals surface area contributed by atoms with Gasteiger partial charge in [-0.3, -0.25) is 9.36 Å². The molecule has 0 spiro atoms. The van der Waals surface area contributed by atoms with Gasteiger partial charge in [-0.2, -0.15) is 0 Å². The molecule has 3 heterocycles. The number of nitrogens with zero attached hydrogens (tertiary/aromatic N) is 3. The Morgan fingerprint density at radius 2 is 2.25 bits per heavy atom. The molecule has 1 fully saturated rings. The molecule has 3 aromatic rings. The highest BCUT2D eigenvalue weighted by molar-refractivity contribution is 7.99. The molecule has 3 aromatic heterocycles. The minimum atomic E-state index is 0.0532. The molecule has 0 aromatic carbocycles. The van der Waals surface area contributed by atoms with Crippen LogP contribution in [0, 0.1) is 0 Å². The van der Waals surface area contributed by atoms with E-state index in [-0.39, 0.29) is 5.78 Å². The Hall–Kier alpha value is -1.57. The molecule has 0 saturated heterocycles. The monoisotopic (exact) mass is 379 g/mol. The summed E-state index contributed by atoms with van der Waals surface area (Å²) in [5.74, 6) is 2.69. The van der Waals surface area contributed by atoms with E-state index in [4.69, 9.17) is 16.0 Å². The first-order chi connectivity index (χ1) is 11.7. The Bertz CT molecular complexity index is 853. The van der Waals surface area contributed by atoms with Crippen LogP contribution in [-0.2, 0) is 6.54 Å². The van der Waals surface area contributed by atoms with Crippen molar-refractivity contribution in [2.75, 3.05) is 5.75 Å². The SMILES string of the molecule is O=C(CSc1nnc(C2CC2)n1Cc1ccco1)c1ccc(Cl)s1. The van der Waals surface area contributed by atoms with Crippen molar-refractivity contribution in [3.63, 3.8) is 0 Å². The smallest absolute Gasteiger partial charge is 0.192 e. The number of aromatic nitrogens is 3. The van der Waals surface area contributed by atoms with Gasteiger partial charge in [0.1, 0.15) is 11.6 Å². The van der Waals surface area contributed by atoms with Crippen LogP contribution in [0.15, 0.2) is 40.1 Å². The molecule has 1 aliphatic carbocycles. The first-order valence-electron chi connectivity index (χ1n) is 7.57. The molecule has 0 amide bonds. The molecule has 8 heteroatoms. The van der Waals surface area contributed by atoms with Gasteiger partial charge in [-0.15, -0.1) is 21.5 Å². The number of carbonyl (C=O) groups excluding carboxylic acids is 1. The molecule has 5 nitrogen and oxygen atoms in total. The summed E-state index contributed by atoms with van der Waals surface area (Å²) >= 11 is 8.61. The topological polar surface area (TPSA) is 60.9 Å². The maximum absolute atomic E-state index is 12.3. The van der Waals surface area contributed by atoms with E-state index in [0.717, 1.165) is 29.6 Å². The molecule has 1 aliphatic rings. The fourth-order valence-corrected chi connectivity index (χ4v) is 4.32. The average molecular weight is 380 g/mol. The van der Waals surface area contributed by atoms with Gasteiger partial charge in [0, 0.05) is 5.92 Å². The fraction of sp³-hybridized carbons (Fsp3) is 0.312. The highest BCUT2D eigenvalue weighted by Gasteiger charge is 2.30. The van der Waals surface area contributed by atoms with E-state index in [0.29, 0.717) is 27.4 Å². The standard InChI is InChI=1S/C16H14ClN3O2S2/c17-14-6-5-13(24-14)12(21)9-23-16-19-18-15(10-3-4-10)20(16)8-11-2-1-7-22-11/h1-2,5-7,10H,3-4,8-9H2. The van der Waals surface area contributed by atoms with Gasteiger partial charge < -0.3 is 4.42 Å². The summed E-state index contributed by atoms with van der Waals surface area (Å²) < 4.78 is 8.14. The Morgan fingerprint density at radius 1 is 1.38 bits per heavy atom. The van der Waals surface area contributed by atoms with Crippen LogP contribution in [0.3, 0.4) is 0 Å². The first-order valence-corrected chi connectivity index (χ1v) is 9.75. The van der Waals surface area contributed by atoms with Gasteiger partial charge in [-0.05, 0) is 37.1 Å². The Balaban J connectivity index is 1.51. The van der Waals surface area contributed by atoms with E-state index in [2.05, 4.69) is 14.8 Å². The van der Waals surface area contributed by atoms with Crippen LogP contribution in [0.2, 0.25) is 4.34 Å². The zero-order valence-electron chi connectivity index (χ0n) is 12.6. The van der Waals surface area contributed by atoms with E-state index in [1.165, 1.54) is 23.1 Å². The third-order valence-electron chi connectivity index (χ3n) is 3.76. The van der Waals surface area contributed by atoms with Crippen LogP contribution in [0.25, 0.3) is 0 Å². The second kappa shape index (κ2) is 6.74. The number of halogens is 1. The molecule has 124 valence electrons. The van der Waals surface area contributed by atoms with E-state index < -0.39 is 0 Å². The van der Waals surface area contributed by atoms with Gasteiger partial charge in [0.2, 0.25) is 0 Å². The number of Topliss-reactive ketones (excluding diaryl/α,β-unsaturated/α-hetero) is 1. The molecule has 0 radical (unpaired) electrons. The zero-order valence-corrected chi connectivity index (χ0v) is 15.0. The number of thiophene rings is 1. The molecule has 24 heavy (non-hydrogen) atoms. The number of carbonyl (C=O) groups is 1. The Labute approximate surface area is 152 Å². The van der Waals surface area contributed by atoms with Crippen molar-refractivity contribution in [2.45, 2.75) is 30.5 Å². The number of hydrogen-bond acceptors (Lipinski definition) is 6. The number of hydrogen-bond donors (Lipinski definition) is 0. The fourth-order valence-electron chi connectivity index (χ4n) is 2.42. The lowest BCUT2D eigenvalue weighted by Crippen LogP contribution is -2.07. The second-order valence-electron chi connectivity index (χ2n) is 5.60. The molecule has 0 unspecified atom stereocenters. The lowest BCUT2D eigenvalue weighted by atomic mass is 10.3. The second-order valence-corrected chi connectivity index (χ2v) is 8.25. The van der Waals surface area contributed by atoms with E-state index >= 15 is 0 Å². The quantitative estimate of drug-likeness (QED) is 0.447. The van der Waals surface area contributed by atoms with Crippen molar-refractivity contribution >= 4 is 40.5 Å². The predicted octanol–water partition coefficient (Wildman–Crippen LogP) is 4.49. The molecule has 0 atom stereocenters. The van der Waals surface area contributed by atoms with Crippen LogP contribution < -0.4 is 0 Å². The summed E-state index contributed by atoms with van der Waals surface area (Å²) in [6, 6.07) is 7.31. The molecule has 1 saturated carbocycles. The van der Waals surface area contributed by atoms with Gasteiger partial charge in [0.15, 0.2) is 10.9 Å². The lowest BCUT2D eigenvalue weighted by molar-refractivity contribution is 0.102. The van der Waals surface area contributed by atoms with E-state index in [1.54, 1.807) is 18.4 Å². The van der Waals surface area contributed by atoms with Crippen molar-refractivity contribution in [1.29, 1.82) is 0 Å². The summed E-state index contributed by atoms with van der Waals surface area (Å²) in [5, 5.41) is 9.38. The number of rotatable bonds is 7. The zero-order chi connectivity index (χ0) is 16.5. The highest BCUT2D eigenvalue weighted by Crippen LogP contribution is 2.40. The van der Waals surface area contributed by atoms with Crippen molar-refractivity contribution in [3.05, 3.63) is 51.3 Å². The third kappa shape index (κ3) is 3.43. The summed E-state index contributed by atoms with van der Waals surface area (Å²) in [7, 11) is 0. The molecule has 0 aliphatic heterocycles. The van der Waals surface area contributed by atoms with Gasteiger partial charge in [0.05, 0.1) is 27.8 Å². The maximum atomic E-state index is 12.3. The van der Waals surface area contributed by atoms with Crippen LogP contribution in [0.4, 0.5) is 0 Å². The van der Waals surface area contributed by atoms with E-state index in [9.17, 15) is 4.79 Å². The van der Waals surface area contributed by atoms with Crippen molar-refractivity contribution in [1.82, 2.24) is 14.8 Å². The normalized spacial score (nSPS) is 14.2. The summed E-state index contributed by atoms with van der Waals surface area (Å²) in [4.78, 5) is 12.9. The van der Waals surface area contributed by atoms with Gasteiger partial charge in [0.25, 0.3) is 0 Å². The van der Waals surface area contributed by atoms with Gasteiger partial charge in [-0.25, -0.2) is 0 Å². The molecule has 4 rings (SSSR count). The van der Waals surface area contributed by atoms with Crippen molar-refractivity contribution in [3.8, 4) is 0 Å². The number of thioether (sulfide) groups is 1. The van der Waals surface area contributed by atoms with Crippen molar-refractivity contribution < 1.29 is 9.21 Å². The predicted molar refractivity (Wildman–Crippen MR) is 94.2 cm³/mol. The largest absolute Gasteiger partial charge is 0.467 e. The van der Waals surface area contributed by atoms with Crippen LogP contribution in [0.1, 0.15) is 40.0 Å². The van der Waals surface area contributed by atoms with Crippen LogP contribution in [-0.4, -0.2) is 26.3 Å².